The number of ether oxygens (including phenoxy) is 1. The number of hydrogen-bond donors (Lipinski definition) is 2. The van der Waals surface area contributed by atoms with Gasteiger partial charge in [0.2, 0.25) is 11.8 Å². The van der Waals surface area contributed by atoms with Gasteiger partial charge < -0.3 is 10.1 Å². The number of carbonyl (C=O) groups excluding carboxylic acids is 2. The number of hydrogen-bond acceptors (Lipinski definition) is 4. The van der Waals surface area contributed by atoms with Gasteiger partial charge in [-0.05, 0) is 28.0 Å². The predicted molar refractivity (Wildman–Crippen MR) is 138 cm³/mol. The van der Waals surface area contributed by atoms with Crippen molar-refractivity contribution in [2.75, 3.05) is 0 Å². The van der Waals surface area contributed by atoms with Gasteiger partial charge in [-0.25, -0.2) is 5.43 Å². The molecule has 0 saturated carbocycles. The number of nitrogens with zero attached hydrogens (tertiary/aromatic N) is 1. The molecule has 4 aromatic rings. The van der Waals surface area contributed by atoms with Crippen LogP contribution in [0.2, 0.25) is 0 Å². The molecule has 0 bridgehead atoms. The maximum absolute atomic E-state index is 12.2. The molecule has 6 heteroatoms. The Balaban J connectivity index is 1.35. The molecule has 176 valence electrons. The summed E-state index contributed by atoms with van der Waals surface area (Å²) in [7, 11) is 0. The van der Waals surface area contributed by atoms with E-state index in [-0.39, 0.29) is 24.7 Å². The van der Waals surface area contributed by atoms with Crippen molar-refractivity contribution in [3.05, 3.63) is 114 Å². The summed E-state index contributed by atoms with van der Waals surface area (Å²) < 4.78 is 6.07. The Hall–Kier alpha value is -4.45. The second-order valence-corrected chi connectivity index (χ2v) is 8.03. The summed E-state index contributed by atoms with van der Waals surface area (Å²) in [6.45, 7) is 0.858. The van der Waals surface area contributed by atoms with Crippen LogP contribution in [0.5, 0.6) is 5.75 Å². The molecule has 0 aromatic heterocycles. The van der Waals surface area contributed by atoms with Gasteiger partial charge in [-0.2, -0.15) is 5.10 Å². The number of rotatable bonds is 10. The van der Waals surface area contributed by atoms with Crippen LogP contribution >= 0.6 is 0 Å². The minimum atomic E-state index is -0.330. The zero-order chi connectivity index (χ0) is 24.3. The third kappa shape index (κ3) is 7.01. The number of amides is 2. The predicted octanol–water partition coefficient (Wildman–Crippen LogP) is 4.97. The second kappa shape index (κ2) is 12.1. The van der Waals surface area contributed by atoms with Crippen LogP contribution in [0.25, 0.3) is 10.8 Å². The largest absolute Gasteiger partial charge is 0.488 e. The summed E-state index contributed by atoms with van der Waals surface area (Å²) in [5, 5.41) is 8.97. The molecule has 0 aliphatic rings. The highest BCUT2D eigenvalue weighted by atomic mass is 16.5. The highest BCUT2D eigenvalue weighted by Crippen LogP contribution is 2.27. The van der Waals surface area contributed by atoms with Crippen molar-refractivity contribution in [1.29, 1.82) is 0 Å². The van der Waals surface area contributed by atoms with E-state index in [1.54, 1.807) is 6.21 Å². The average molecular weight is 466 g/mol. The van der Waals surface area contributed by atoms with Crippen molar-refractivity contribution >= 4 is 28.8 Å². The summed E-state index contributed by atoms with van der Waals surface area (Å²) in [5.41, 5.74) is 5.37. The molecule has 0 heterocycles. The summed E-state index contributed by atoms with van der Waals surface area (Å²) in [6.07, 6.45) is 1.73. The van der Waals surface area contributed by atoms with E-state index < -0.39 is 0 Å². The molecule has 0 unspecified atom stereocenters. The molecule has 4 aromatic carbocycles. The van der Waals surface area contributed by atoms with E-state index in [9.17, 15) is 9.59 Å². The molecular formula is C29H27N3O3. The first-order valence-electron chi connectivity index (χ1n) is 11.5. The lowest BCUT2D eigenvalue weighted by Gasteiger charge is -2.12. The van der Waals surface area contributed by atoms with E-state index in [0.717, 1.165) is 27.5 Å². The SMILES string of the molecule is O=C(CCC(=O)NN=Cc1c(OCc2ccccc2)ccc2ccccc12)NCc1ccccc1. The molecule has 0 saturated heterocycles. The summed E-state index contributed by atoms with van der Waals surface area (Å²) in [6, 6.07) is 31.4. The van der Waals surface area contributed by atoms with Crippen LogP contribution in [0.3, 0.4) is 0 Å². The van der Waals surface area contributed by atoms with Crippen molar-refractivity contribution in [2.45, 2.75) is 26.0 Å². The van der Waals surface area contributed by atoms with Gasteiger partial charge in [0.25, 0.3) is 0 Å². The number of nitrogens with one attached hydrogen (secondary N) is 2. The maximum atomic E-state index is 12.2. The van der Waals surface area contributed by atoms with Gasteiger partial charge in [0.1, 0.15) is 12.4 Å². The average Bonchev–Trinajstić information content (AvgIpc) is 2.91. The Morgan fingerprint density at radius 1 is 0.743 bits per heavy atom. The van der Waals surface area contributed by atoms with E-state index >= 15 is 0 Å². The molecule has 35 heavy (non-hydrogen) atoms. The van der Waals surface area contributed by atoms with Gasteiger partial charge in [0, 0.05) is 24.9 Å². The van der Waals surface area contributed by atoms with E-state index in [1.807, 2.05) is 97.1 Å². The van der Waals surface area contributed by atoms with Gasteiger partial charge in [-0.3, -0.25) is 9.59 Å². The quantitative estimate of drug-likeness (QED) is 0.256. The number of fused-ring (bicyclic) bond motifs is 1. The topological polar surface area (TPSA) is 79.8 Å². The first-order valence-corrected chi connectivity index (χ1v) is 11.5. The zero-order valence-corrected chi connectivity index (χ0v) is 19.3. The molecule has 2 amide bonds. The molecule has 6 nitrogen and oxygen atoms in total. The minimum absolute atomic E-state index is 0.0465. The van der Waals surface area contributed by atoms with Crippen LogP contribution < -0.4 is 15.5 Å². The van der Waals surface area contributed by atoms with Crippen LogP contribution in [0.4, 0.5) is 0 Å². The molecular weight excluding hydrogens is 438 g/mol. The summed E-state index contributed by atoms with van der Waals surface area (Å²) >= 11 is 0. The Labute approximate surface area is 204 Å². The Bertz CT molecular complexity index is 1300. The van der Waals surface area contributed by atoms with Crippen molar-refractivity contribution in [2.24, 2.45) is 5.10 Å². The van der Waals surface area contributed by atoms with E-state index in [1.165, 1.54) is 0 Å². The zero-order valence-electron chi connectivity index (χ0n) is 19.3. The van der Waals surface area contributed by atoms with Gasteiger partial charge in [-0.1, -0.05) is 91.0 Å². The smallest absolute Gasteiger partial charge is 0.240 e. The molecule has 0 radical (unpaired) electrons. The first kappa shape index (κ1) is 23.7. The number of carbonyl (C=O) groups is 2. The molecule has 4 rings (SSSR count). The lowest BCUT2D eigenvalue weighted by molar-refractivity contribution is -0.126. The van der Waals surface area contributed by atoms with Crippen molar-refractivity contribution < 1.29 is 14.3 Å². The van der Waals surface area contributed by atoms with Crippen molar-refractivity contribution in [1.82, 2.24) is 10.7 Å². The molecule has 2 N–H and O–H groups in total. The number of hydrazone groups is 1. The van der Waals surface area contributed by atoms with Crippen LogP contribution in [0, 0.1) is 0 Å². The summed E-state index contributed by atoms with van der Waals surface area (Å²) in [5.74, 6) is 0.160. The highest BCUT2D eigenvalue weighted by molar-refractivity contribution is 6.02. The molecule has 0 atom stereocenters. The Kier molecular flexibility index (Phi) is 8.22. The molecule has 0 aliphatic carbocycles. The Morgan fingerprint density at radius 3 is 2.17 bits per heavy atom. The van der Waals surface area contributed by atoms with Gasteiger partial charge >= 0.3 is 0 Å². The van der Waals surface area contributed by atoms with Gasteiger partial charge in [-0.15, -0.1) is 0 Å². The van der Waals surface area contributed by atoms with E-state index in [4.69, 9.17) is 4.74 Å². The van der Waals surface area contributed by atoms with Crippen LogP contribution in [0.15, 0.2) is 102 Å². The van der Waals surface area contributed by atoms with Crippen LogP contribution in [-0.2, 0) is 22.7 Å². The van der Waals surface area contributed by atoms with E-state index in [0.29, 0.717) is 18.9 Å². The van der Waals surface area contributed by atoms with Gasteiger partial charge in [0.05, 0.1) is 6.21 Å². The fraction of sp³-hybridized carbons (Fsp3) is 0.138. The fourth-order valence-electron chi connectivity index (χ4n) is 3.61. The third-order valence-corrected chi connectivity index (χ3v) is 5.46. The third-order valence-electron chi connectivity index (χ3n) is 5.46. The van der Waals surface area contributed by atoms with Gasteiger partial charge in [0.15, 0.2) is 0 Å². The minimum Gasteiger partial charge on any atom is -0.488 e. The standard InChI is InChI=1S/C29H27N3O3/c33-28(30-19-22-9-3-1-4-10-22)17-18-29(34)32-31-20-26-25-14-8-7-13-24(25)15-16-27(26)35-21-23-11-5-2-6-12-23/h1-16,20H,17-19,21H2,(H,30,33)(H,32,34). The normalized spacial score (nSPS) is 10.9. The number of benzene rings is 4. The molecule has 0 spiro atoms. The second-order valence-electron chi connectivity index (χ2n) is 8.03. The van der Waals surface area contributed by atoms with E-state index in [2.05, 4.69) is 15.8 Å². The highest BCUT2D eigenvalue weighted by Gasteiger charge is 2.09. The molecule has 0 aliphatic heterocycles. The fourth-order valence-corrected chi connectivity index (χ4v) is 3.61. The summed E-state index contributed by atoms with van der Waals surface area (Å²) in [4.78, 5) is 24.3. The monoisotopic (exact) mass is 465 g/mol. The van der Waals surface area contributed by atoms with Crippen molar-refractivity contribution in [3.8, 4) is 5.75 Å². The van der Waals surface area contributed by atoms with Crippen LogP contribution in [0.1, 0.15) is 29.5 Å². The maximum Gasteiger partial charge on any atom is 0.240 e. The lowest BCUT2D eigenvalue weighted by Crippen LogP contribution is -2.25. The Morgan fingerprint density at radius 2 is 1.40 bits per heavy atom. The first-order chi connectivity index (χ1) is 17.2. The molecule has 0 fully saturated rings. The van der Waals surface area contributed by atoms with Crippen molar-refractivity contribution in [3.63, 3.8) is 0 Å². The van der Waals surface area contributed by atoms with Crippen LogP contribution in [-0.4, -0.2) is 18.0 Å². The lowest BCUT2D eigenvalue weighted by atomic mass is 10.0.